The second kappa shape index (κ2) is 10.6. The molecule has 0 aliphatic rings. The molecular weight excluding hydrogens is 537 g/mol. The van der Waals surface area contributed by atoms with E-state index in [2.05, 4.69) is 56.9 Å². The Hall–Kier alpha value is -1.95. The normalized spacial score (nSPS) is 11.2. The summed E-state index contributed by atoms with van der Waals surface area (Å²) in [6, 6.07) is 7.68. The second-order valence-corrected chi connectivity index (χ2v) is 6.99. The molecule has 0 unspecified atom stereocenters. The largest absolute Gasteiger partial charge is 0.356 e. The summed E-state index contributed by atoms with van der Waals surface area (Å²) in [5.74, 6) is 1.87. The Morgan fingerprint density at radius 1 is 1.39 bits per heavy atom. The average Bonchev–Trinajstić information content (AvgIpc) is 3.26. The maximum atomic E-state index is 5.28. The number of guanidine groups is 1. The summed E-state index contributed by atoms with van der Waals surface area (Å²) in [5.41, 5.74) is 1.86. The maximum absolute atomic E-state index is 5.28. The van der Waals surface area contributed by atoms with E-state index in [0.717, 1.165) is 17.0 Å². The minimum Gasteiger partial charge on any atom is -0.356 e. The van der Waals surface area contributed by atoms with Crippen molar-refractivity contribution < 1.29 is 4.52 Å². The van der Waals surface area contributed by atoms with Gasteiger partial charge >= 0.3 is 0 Å². The Balaban J connectivity index is 0.00000280. The van der Waals surface area contributed by atoms with Crippen molar-refractivity contribution in [3.8, 4) is 11.6 Å². The van der Waals surface area contributed by atoms with E-state index in [1.54, 1.807) is 13.2 Å². The molecule has 0 spiro atoms. The molecule has 3 aromatic heterocycles. The van der Waals surface area contributed by atoms with Crippen molar-refractivity contribution in [3.05, 3.63) is 52.7 Å². The lowest BCUT2D eigenvalue weighted by molar-refractivity contribution is 0.420. The van der Waals surface area contributed by atoms with E-state index < -0.39 is 0 Å². The van der Waals surface area contributed by atoms with Gasteiger partial charge in [0.15, 0.2) is 11.8 Å². The zero-order valence-electron chi connectivity index (χ0n) is 16.0. The highest BCUT2D eigenvalue weighted by Crippen LogP contribution is 2.15. The van der Waals surface area contributed by atoms with Crippen LogP contribution in [0.25, 0.3) is 11.6 Å². The minimum absolute atomic E-state index is 0. The predicted molar refractivity (Wildman–Crippen MR) is 123 cm³/mol. The van der Waals surface area contributed by atoms with Crippen LogP contribution in [0.1, 0.15) is 11.5 Å². The summed E-state index contributed by atoms with van der Waals surface area (Å²) >= 11 is 3.50. The number of aromatic nitrogens is 4. The summed E-state index contributed by atoms with van der Waals surface area (Å²) in [7, 11) is 5.80. The molecule has 8 nitrogen and oxygen atoms in total. The number of nitrogens with one attached hydrogen (secondary N) is 1. The Kier molecular flexibility index (Phi) is 8.42. The molecule has 0 fully saturated rings. The first-order valence-electron chi connectivity index (χ1n) is 8.53. The molecule has 10 heteroatoms. The van der Waals surface area contributed by atoms with Crippen molar-refractivity contribution in [3.63, 3.8) is 0 Å². The highest BCUT2D eigenvalue weighted by Gasteiger charge is 2.12. The molecule has 28 heavy (non-hydrogen) atoms. The molecular formula is C18H23BrIN7O. The molecule has 0 aliphatic carbocycles. The lowest BCUT2D eigenvalue weighted by Crippen LogP contribution is -2.39. The van der Waals surface area contributed by atoms with Crippen LogP contribution in [-0.2, 0) is 20.0 Å². The van der Waals surface area contributed by atoms with Gasteiger partial charge in [0.25, 0.3) is 5.89 Å². The highest BCUT2D eigenvalue weighted by atomic mass is 127. The van der Waals surface area contributed by atoms with E-state index in [1.807, 2.05) is 38.5 Å². The average molecular weight is 560 g/mol. The van der Waals surface area contributed by atoms with Crippen LogP contribution in [-0.4, -0.2) is 51.2 Å². The lowest BCUT2D eigenvalue weighted by Gasteiger charge is -2.22. The Morgan fingerprint density at radius 3 is 2.86 bits per heavy atom. The number of rotatable bonds is 6. The quantitative estimate of drug-likeness (QED) is 0.284. The van der Waals surface area contributed by atoms with Crippen LogP contribution in [0.4, 0.5) is 0 Å². The fourth-order valence-corrected chi connectivity index (χ4v) is 3.23. The molecule has 3 heterocycles. The molecule has 0 radical (unpaired) electrons. The molecule has 1 N–H and O–H groups in total. The van der Waals surface area contributed by atoms with Crippen molar-refractivity contribution in [2.45, 2.75) is 13.0 Å². The molecule has 0 aromatic carbocycles. The van der Waals surface area contributed by atoms with Crippen LogP contribution in [0.3, 0.4) is 0 Å². The summed E-state index contributed by atoms with van der Waals surface area (Å²) in [6.07, 6.45) is 4.36. The van der Waals surface area contributed by atoms with Gasteiger partial charge in [-0.25, -0.2) is 0 Å². The Morgan fingerprint density at radius 2 is 2.21 bits per heavy atom. The van der Waals surface area contributed by atoms with E-state index >= 15 is 0 Å². The maximum Gasteiger partial charge on any atom is 0.276 e. The summed E-state index contributed by atoms with van der Waals surface area (Å²) in [5, 5.41) is 7.34. The number of aryl methyl sites for hydroxylation is 1. The number of hydrogen-bond donors (Lipinski definition) is 1. The summed E-state index contributed by atoms with van der Waals surface area (Å²) in [4.78, 5) is 15.0. The molecule has 0 atom stereocenters. The number of pyridine rings is 1. The van der Waals surface area contributed by atoms with Gasteiger partial charge in [-0.05, 0) is 34.1 Å². The van der Waals surface area contributed by atoms with Crippen LogP contribution >= 0.6 is 39.9 Å². The molecule has 3 aromatic rings. The number of hydrogen-bond acceptors (Lipinski definition) is 5. The molecule has 0 amide bonds. The highest BCUT2D eigenvalue weighted by molar-refractivity contribution is 14.0. The monoisotopic (exact) mass is 559 g/mol. The first-order chi connectivity index (χ1) is 13.1. The van der Waals surface area contributed by atoms with Crippen LogP contribution in [0, 0.1) is 0 Å². The molecule has 0 aliphatic heterocycles. The Bertz CT molecular complexity index is 910. The third-order valence-corrected chi connectivity index (χ3v) is 4.46. The minimum atomic E-state index is 0. The van der Waals surface area contributed by atoms with Crippen molar-refractivity contribution in [1.82, 2.24) is 29.9 Å². The van der Waals surface area contributed by atoms with Gasteiger partial charge in [0.2, 0.25) is 0 Å². The van der Waals surface area contributed by atoms with E-state index in [4.69, 9.17) is 4.52 Å². The summed E-state index contributed by atoms with van der Waals surface area (Å²) < 4.78 is 8.43. The van der Waals surface area contributed by atoms with Crippen LogP contribution in [0.2, 0.25) is 0 Å². The third kappa shape index (κ3) is 5.77. The van der Waals surface area contributed by atoms with Gasteiger partial charge in [0.1, 0.15) is 5.69 Å². The lowest BCUT2D eigenvalue weighted by atomic mass is 10.3. The van der Waals surface area contributed by atoms with Crippen molar-refractivity contribution in [1.29, 1.82) is 0 Å². The van der Waals surface area contributed by atoms with E-state index in [9.17, 15) is 0 Å². The number of halogens is 2. The van der Waals surface area contributed by atoms with E-state index in [-0.39, 0.29) is 24.0 Å². The van der Waals surface area contributed by atoms with Gasteiger partial charge in [0.05, 0.1) is 6.54 Å². The molecule has 0 saturated carbocycles. The fraction of sp³-hybridized carbons (Fsp3) is 0.333. The third-order valence-electron chi connectivity index (χ3n) is 4.03. The topological polar surface area (TPSA) is 84.4 Å². The standard InChI is InChI=1S/C18H22BrN7O.HI/c1-20-18(26(3)12-14-10-13(19)11-25(14)2)22-9-7-16-23-17(27-24-16)15-6-4-5-8-21-15;/h4-6,8,10-11H,7,9,12H2,1-3H3,(H,20,22);1H. The summed E-state index contributed by atoms with van der Waals surface area (Å²) in [6.45, 7) is 1.39. The number of nitrogens with zero attached hydrogens (tertiary/aromatic N) is 6. The zero-order valence-corrected chi connectivity index (χ0v) is 19.9. The van der Waals surface area contributed by atoms with E-state index in [0.29, 0.717) is 30.4 Å². The SMILES string of the molecule is CN=C(NCCc1noc(-c2ccccn2)n1)N(C)Cc1cc(Br)cn1C.I. The van der Waals surface area contributed by atoms with Gasteiger partial charge in [-0.3, -0.25) is 9.98 Å². The van der Waals surface area contributed by atoms with E-state index in [1.165, 1.54) is 5.69 Å². The van der Waals surface area contributed by atoms with Gasteiger partial charge < -0.3 is 19.3 Å². The molecule has 0 saturated heterocycles. The van der Waals surface area contributed by atoms with Crippen LogP contribution < -0.4 is 5.32 Å². The smallest absolute Gasteiger partial charge is 0.276 e. The van der Waals surface area contributed by atoms with Gasteiger partial charge in [-0.15, -0.1) is 24.0 Å². The second-order valence-electron chi connectivity index (χ2n) is 6.07. The van der Waals surface area contributed by atoms with Crippen LogP contribution in [0.5, 0.6) is 0 Å². The fourth-order valence-electron chi connectivity index (χ4n) is 2.66. The van der Waals surface area contributed by atoms with Gasteiger partial charge in [-0.2, -0.15) is 4.98 Å². The van der Waals surface area contributed by atoms with Crippen LogP contribution in [0.15, 0.2) is 50.6 Å². The van der Waals surface area contributed by atoms with Crippen molar-refractivity contribution >= 4 is 45.9 Å². The zero-order chi connectivity index (χ0) is 19.2. The first kappa shape index (κ1) is 22.3. The molecule has 0 bridgehead atoms. The van der Waals surface area contributed by atoms with Gasteiger partial charge in [0, 0.05) is 56.7 Å². The van der Waals surface area contributed by atoms with Crippen molar-refractivity contribution in [2.24, 2.45) is 12.0 Å². The van der Waals surface area contributed by atoms with Crippen molar-refractivity contribution in [2.75, 3.05) is 20.6 Å². The molecule has 150 valence electrons. The predicted octanol–water partition coefficient (Wildman–Crippen LogP) is 3.10. The molecule has 3 rings (SSSR count). The first-order valence-corrected chi connectivity index (χ1v) is 9.32. The number of aliphatic imine (C=N–C) groups is 1. The van der Waals surface area contributed by atoms with Gasteiger partial charge in [-0.1, -0.05) is 11.2 Å². The Labute approximate surface area is 189 Å².